The number of amides is 5. The number of aromatic nitrogens is 2. The van der Waals surface area contributed by atoms with Crippen LogP contribution in [0.3, 0.4) is 0 Å². The Hall–Kier alpha value is -6.66. The van der Waals surface area contributed by atoms with Gasteiger partial charge in [0, 0.05) is 83.0 Å². The molecule has 0 aliphatic carbocycles. The highest BCUT2D eigenvalue weighted by molar-refractivity contribution is 6.23. The second-order valence-electron chi connectivity index (χ2n) is 16.5. The normalized spacial score (nSPS) is 18.3. The number of nitrogens with one attached hydrogen (secondary N) is 1. The Balaban J connectivity index is 0.00000199. The molecular formula is C46H53N7O11. The number of carbonyl (C=O) groups excluding carboxylic acids is 5. The van der Waals surface area contributed by atoms with Crippen LogP contribution in [0.25, 0.3) is 21.9 Å². The van der Waals surface area contributed by atoms with Gasteiger partial charge in [-0.25, -0.2) is 0 Å². The number of rotatable bonds is 12. The number of benzene rings is 2. The number of unbranched alkanes of at least 4 members (excludes halogenated alkanes) is 1. The lowest BCUT2D eigenvalue weighted by molar-refractivity contribution is -0.136. The summed E-state index contributed by atoms with van der Waals surface area (Å²) in [5, 5.41) is 10.4. The van der Waals surface area contributed by atoms with Crippen LogP contribution in [0.1, 0.15) is 71.2 Å². The zero-order chi connectivity index (χ0) is 45.7. The van der Waals surface area contributed by atoms with E-state index in [1.807, 2.05) is 24.3 Å². The van der Waals surface area contributed by atoms with Crippen molar-refractivity contribution in [3.63, 3.8) is 0 Å². The number of ether oxygens (including phenoxy) is 3. The highest BCUT2D eigenvalue weighted by atomic mass is 16.5. The Bertz CT molecular complexity index is 2510. The number of piperidine rings is 2. The van der Waals surface area contributed by atoms with Crippen molar-refractivity contribution >= 4 is 52.5 Å². The number of morpholine rings is 1. The second kappa shape index (κ2) is 19.4. The summed E-state index contributed by atoms with van der Waals surface area (Å²) in [6.45, 7) is 4.59. The van der Waals surface area contributed by atoms with Gasteiger partial charge in [-0.1, -0.05) is 0 Å². The first-order valence-corrected chi connectivity index (χ1v) is 21.3. The number of aryl methyl sites for hydroxylation is 1. The average Bonchev–Trinajstić information content (AvgIpc) is 3.54. The fourth-order valence-corrected chi connectivity index (χ4v) is 9.21. The van der Waals surface area contributed by atoms with Gasteiger partial charge in [-0.15, -0.1) is 0 Å². The lowest BCUT2D eigenvalue weighted by Crippen LogP contribution is -2.57. The van der Waals surface area contributed by atoms with E-state index in [-0.39, 0.29) is 47.5 Å². The van der Waals surface area contributed by atoms with Gasteiger partial charge in [0.2, 0.25) is 17.7 Å². The van der Waals surface area contributed by atoms with Gasteiger partial charge < -0.3 is 33.7 Å². The molecule has 0 bridgehead atoms. The van der Waals surface area contributed by atoms with Gasteiger partial charge in [0.1, 0.15) is 17.5 Å². The van der Waals surface area contributed by atoms with Gasteiger partial charge in [0.05, 0.1) is 55.0 Å². The van der Waals surface area contributed by atoms with Crippen LogP contribution in [-0.4, -0.2) is 138 Å². The van der Waals surface area contributed by atoms with E-state index in [4.69, 9.17) is 24.1 Å². The van der Waals surface area contributed by atoms with Crippen molar-refractivity contribution < 1.29 is 48.1 Å². The topological polar surface area (TPSA) is 210 Å². The SMILES string of the molecule is COc1cc(-c2cn(C)c(=O)c3cnccc23)cc(OC)c1CN(C)C(=O)CCCCN1CCOC2(CCN(c3ccc4c(c3)C(=O)N(C3CCC(=O)NC3=O)C4=O)CC2)C1.O=CO. The molecule has 6 heterocycles. The third-order valence-electron chi connectivity index (χ3n) is 12.6. The number of imide groups is 2. The second-order valence-corrected chi connectivity index (χ2v) is 16.5. The van der Waals surface area contributed by atoms with E-state index in [0.717, 1.165) is 78.0 Å². The standard InChI is InChI=1S/C45H51N7O9.CH2O2/c1-48(26-35-37(59-3)21-28(22-38(35)60-4)34-25-49(2)42(56)33-24-46-15-12-30(33)34)40(54)7-5-6-16-50-19-20-61-45(27-50)13-17-51(18-14-45)29-8-9-31-32(23-29)44(58)52(43(31)57)36-10-11-39(53)47-41(36)55;2-1-3/h8-9,12,15,21-25,36H,5-7,10-11,13-14,16-20,26-27H2,1-4H3,(H,47,53,55);1H,(H,2,3). The molecular weight excluding hydrogens is 827 g/mol. The fraction of sp³-hybridized carbons (Fsp3) is 0.435. The Morgan fingerprint density at radius 1 is 0.969 bits per heavy atom. The smallest absolute Gasteiger partial charge is 0.290 e. The van der Waals surface area contributed by atoms with Crippen molar-refractivity contribution in [2.75, 3.05) is 65.5 Å². The third-order valence-corrected chi connectivity index (χ3v) is 12.6. The van der Waals surface area contributed by atoms with E-state index >= 15 is 0 Å². The summed E-state index contributed by atoms with van der Waals surface area (Å²) >= 11 is 0. The molecule has 8 rings (SSSR count). The van der Waals surface area contributed by atoms with Crippen molar-refractivity contribution in [2.45, 2.75) is 63.1 Å². The fourth-order valence-electron chi connectivity index (χ4n) is 9.21. The molecule has 4 aliphatic rings. The van der Waals surface area contributed by atoms with E-state index in [1.54, 1.807) is 63.9 Å². The predicted octanol–water partition coefficient (Wildman–Crippen LogP) is 3.22. The molecule has 2 N–H and O–H groups in total. The van der Waals surface area contributed by atoms with Crippen molar-refractivity contribution in [2.24, 2.45) is 7.05 Å². The molecule has 4 aromatic rings. The molecule has 338 valence electrons. The summed E-state index contributed by atoms with van der Waals surface area (Å²) < 4.78 is 19.6. The first kappa shape index (κ1) is 45.4. The number of nitrogens with zero attached hydrogens (tertiary/aromatic N) is 6. The molecule has 0 saturated carbocycles. The Morgan fingerprint density at radius 3 is 2.36 bits per heavy atom. The molecule has 18 heteroatoms. The zero-order valence-corrected chi connectivity index (χ0v) is 36.5. The van der Waals surface area contributed by atoms with E-state index < -0.39 is 29.7 Å². The van der Waals surface area contributed by atoms with Crippen LogP contribution in [0, 0.1) is 0 Å². The highest BCUT2D eigenvalue weighted by Gasteiger charge is 2.45. The number of pyridine rings is 2. The molecule has 3 saturated heterocycles. The summed E-state index contributed by atoms with van der Waals surface area (Å²) in [5.41, 5.74) is 3.36. The molecule has 2 aromatic carbocycles. The summed E-state index contributed by atoms with van der Waals surface area (Å²) in [7, 11) is 6.68. The van der Waals surface area contributed by atoms with Gasteiger partial charge >= 0.3 is 0 Å². The van der Waals surface area contributed by atoms with Crippen molar-refractivity contribution in [3.05, 3.63) is 82.0 Å². The number of methoxy groups -OCH3 is 2. The van der Waals surface area contributed by atoms with Gasteiger partial charge in [0.25, 0.3) is 23.8 Å². The lowest BCUT2D eigenvalue weighted by atomic mass is 9.88. The molecule has 1 atom stereocenters. The molecule has 3 fully saturated rings. The highest BCUT2D eigenvalue weighted by Crippen LogP contribution is 2.39. The minimum Gasteiger partial charge on any atom is -0.496 e. The number of fused-ring (bicyclic) bond motifs is 2. The lowest BCUT2D eigenvalue weighted by Gasteiger charge is -2.48. The Labute approximate surface area is 369 Å². The summed E-state index contributed by atoms with van der Waals surface area (Å²) in [5.74, 6) is -0.872. The maximum atomic E-state index is 13.4. The van der Waals surface area contributed by atoms with Gasteiger partial charge in [-0.3, -0.25) is 53.7 Å². The zero-order valence-electron chi connectivity index (χ0n) is 36.5. The number of hydrogen-bond donors (Lipinski definition) is 2. The van der Waals surface area contributed by atoms with Gasteiger partial charge in [0.15, 0.2) is 0 Å². The maximum Gasteiger partial charge on any atom is 0.290 e. The van der Waals surface area contributed by atoms with Crippen molar-refractivity contribution in [3.8, 4) is 22.6 Å². The van der Waals surface area contributed by atoms with E-state index in [2.05, 4.69) is 20.1 Å². The molecule has 2 aromatic heterocycles. The Morgan fingerprint density at radius 2 is 1.67 bits per heavy atom. The molecule has 18 nitrogen and oxygen atoms in total. The van der Waals surface area contributed by atoms with Crippen LogP contribution in [-0.2, 0) is 37.5 Å². The summed E-state index contributed by atoms with van der Waals surface area (Å²) in [4.78, 5) is 96.7. The van der Waals surface area contributed by atoms with Crippen LogP contribution in [0.15, 0.2) is 59.8 Å². The quantitative estimate of drug-likeness (QED) is 0.119. The van der Waals surface area contributed by atoms with Gasteiger partial charge in [-0.2, -0.15) is 0 Å². The largest absolute Gasteiger partial charge is 0.496 e. The molecule has 0 radical (unpaired) electrons. The monoisotopic (exact) mass is 879 g/mol. The van der Waals surface area contributed by atoms with E-state index in [0.29, 0.717) is 49.5 Å². The minimum atomic E-state index is -0.998. The average molecular weight is 880 g/mol. The number of anilines is 1. The number of hydrogen-bond acceptors (Lipinski definition) is 13. The first-order chi connectivity index (χ1) is 30.8. The number of carbonyl (C=O) groups is 6. The van der Waals surface area contributed by atoms with Crippen LogP contribution in [0.4, 0.5) is 5.69 Å². The minimum absolute atomic E-state index is 0.0249. The molecule has 5 amide bonds. The predicted molar refractivity (Wildman–Crippen MR) is 234 cm³/mol. The van der Waals surface area contributed by atoms with Crippen LogP contribution < -0.4 is 25.2 Å². The molecule has 64 heavy (non-hydrogen) atoms. The van der Waals surface area contributed by atoms with E-state index in [1.165, 1.54) is 4.57 Å². The summed E-state index contributed by atoms with van der Waals surface area (Å²) in [6, 6.07) is 9.90. The van der Waals surface area contributed by atoms with Crippen molar-refractivity contribution in [1.82, 2.24) is 29.6 Å². The maximum absolute atomic E-state index is 13.4. The molecule has 1 unspecified atom stereocenters. The Kier molecular flexibility index (Phi) is 13.7. The third kappa shape index (κ3) is 9.19. The van der Waals surface area contributed by atoms with Crippen molar-refractivity contribution in [1.29, 1.82) is 0 Å². The molecule has 1 spiro atoms. The van der Waals surface area contributed by atoms with Crippen LogP contribution in [0.2, 0.25) is 0 Å². The van der Waals surface area contributed by atoms with E-state index in [9.17, 15) is 28.8 Å². The van der Waals surface area contributed by atoms with Crippen LogP contribution in [0.5, 0.6) is 11.5 Å². The first-order valence-electron chi connectivity index (χ1n) is 21.3. The van der Waals surface area contributed by atoms with Gasteiger partial charge in [-0.05, 0) is 86.0 Å². The number of carboxylic acid groups (broad SMARTS) is 1. The molecule has 4 aliphatic heterocycles. The summed E-state index contributed by atoms with van der Waals surface area (Å²) in [6.07, 6.45) is 8.83. The van der Waals surface area contributed by atoms with Crippen LogP contribution >= 0.6 is 0 Å².